The van der Waals surface area contributed by atoms with Crippen molar-refractivity contribution in [2.45, 2.75) is 6.54 Å². The van der Waals surface area contributed by atoms with E-state index in [1.54, 1.807) is 6.07 Å². The van der Waals surface area contributed by atoms with Crippen molar-refractivity contribution in [3.8, 4) is 0 Å². The Balaban J connectivity index is 2.68. The van der Waals surface area contributed by atoms with Gasteiger partial charge in [0, 0.05) is 19.2 Å². The van der Waals surface area contributed by atoms with Crippen LogP contribution < -0.4 is 5.73 Å². The number of hydrogen-bond acceptors (Lipinski definition) is 4. The third kappa shape index (κ3) is 1.44. The van der Waals surface area contributed by atoms with Crippen molar-refractivity contribution >= 4 is 16.7 Å². The molecule has 0 spiro atoms. The Morgan fingerprint density at radius 2 is 2.33 bits per heavy atom. The van der Waals surface area contributed by atoms with E-state index < -0.39 is 4.92 Å². The predicted octanol–water partition coefficient (Wildman–Crippen LogP) is 0.940. The molecule has 0 aliphatic heterocycles. The van der Waals surface area contributed by atoms with Crippen LogP contribution in [0, 0.1) is 10.1 Å². The summed E-state index contributed by atoms with van der Waals surface area (Å²) in [5.41, 5.74) is 6.99. The minimum atomic E-state index is -0.434. The van der Waals surface area contributed by atoms with Gasteiger partial charge < -0.3 is 10.3 Å². The number of nitro groups is 1. The first-order valence-electron chi connectivity index (χ1n) is 4.43. The second-order valence-electron chi connectivity index (χ2n) is 3.22. The van der Waals surface area contributed by atoms with Gasteiger partial charge in [0.25, 0.3) is 5.69 Å². The highest BCUT2D eigenvalue weighted by Gasteiger charge is 2.11. The predicted molar refractivity (Wildman–Crippen MR) is 55.3 cm³/mol. The van der Waals surface area contributed by atoms with Crippen LogP contribution in [0.2, 0.25) is 0 Å². The molecular weight excluding hydrogens is 196 g/mol. The number of hydrogen-bond donors (Lipinski definition) is 1. The zero-order valence-corrected chi connectivity index (χ0v) is 8.17. The lowest BCUT2D eigenvalue weighted by Crippen LogP contribution is -2.04. The molecule has 0 bridgehead atoms. The summed E-state index contributed by atoms with van der Waals surface area (Å²) in [6.45, 7) is 0.318. The maximum Gasteiger partial charge on any atom is 0.271 e. The van der Waals surface area contributed by atoms with Gasteiger partial charge in [-0.15, -0.1) is 0 Å². The summed E-state index contributed by atoms with van der Waals surface area (Å²) in [4.78, 5) is 14.3. The fraction of sp³-hybridized carbons (Fsp3) is 0.222. The van der Waals surface area contributed by atoms with E-state index in [9.17, 15) is 10.1 Å². The maximum atomic E-state index is 10.6. The highest BCUT2D eigenvalue weighted by Crippen LogP contribution is 2.20. The molecule has 0 amide bonds. The molecule has 1 heterocycles. The van der Waals surface area contributed by atoms with E-state index >= 15 is 0 Å². The molecule has 0 unspecified atom stereocenters. The van der Waals surface area contributed by atoms with Gasteiger partial charge in [-0.1, -0.05) is 0 Å². The second kappa shape index (κ2) is 3.32. The lowest BCUT2D eigenvalue weighted by molar-refractivity contribution is -0.384. The molecule has 2 aromatic rings. The Kier molecular flexibility index (Phi) is 2.12. The number of nitro benzene ring substituents is 1. The standard InChI is InChI=1S/C9H10N4O2/c1-12-8-3-2-6(13(14)15)4-7(8)11-9(12)5-10/h2-4H,5,10H2,1H3. The van der Waals surface area contributed by atoms with Crippen LogP contribution in [0.25, 0.3) is 11.0 Å². The molecule has 2 N–H and O–H groups in total. The van der Waals surface area contributed by atoms with Gasteiger partial charge in [0.2, 0.25) is 0 Å². The average Bonchev–Trinajstić information content (AvgIpc) is 2.55. The molecule has 0 saturated carbocycles. The van der Waals surface area contributed by atoms with Crippen LogP contribution in [0.3, 0.4) is 0 Å². The lowest BCUT2D eigenvalue weighted by Gasteiger charge is -1.97. The van der Waals surface area contributed by atoms with E-state index in [4.69, 9.17) is 5.73 Å². The van der Waals surface area contributed by atoms with Gasteiger partial charge in [-0.05, 0) is 6.07 Å². The van der Waals surface area contributed by atoms with Crippen molar-refractivity contribution in [2.24, 2.45) is 12.8 Å². The van der Waals surface area contributed by atoms with Gasteiger partial charge in [-0.25, -0.2) is 4.98 Å². The van der Waals surface area contributed by atoms with Gasteiger partial charge in [-0.2, -0.15) is 0 Å². The molecule has 0 aliphatic rings. The second-order valence-corrected chi connectivity index (χ2v) is 3.22. The highest BCUT2D eigenvalue weighted by atomic mass is 16.6. The van der Waals surface area contributed by atoms with Gasteiger partial charge in [0.1, 0.15) is 5.82 Å². The summed E-state index contributed by atoms with van der Waals surface area (Å²) < 4.78 is 1.83. The Bertz CT molecular complexity index is 532. The van der Waals surface area contributed by atoms with E-state index in [0.29, 0.717) is 17.9 Å². The van der Waals surface area contributed by atoms with E-state index in [-0.39, 0.29) is 5.69 Å². The first-order valence-corrected chi connectivity index (χ1v) is 4.43. The van der Waals surface area contributed by atoms with Gasteiger partial charge in [0.05, 0.1) is 22.5 Å². The third-order valence-electron chi connectivity index (χ3n) is 2.35. The number of benzene rings is 1. The molecule has 78 valence electrons. The van der Waals surface area contributed by atoms with Crippen molar-refractivity contribution in [3.05, 3.63) is 34.1 Å². The average molecular weight is 206 g/mol. The molecule has 6 heteroatoms. The van der Waals surface area contributed by atoms with E-state index in [1.807, 2.05) is 11.6 Å². The van der Waals surface area contributed by atoms with Crippen LogP contribution in [0.1, 0.15) is 5.82 Å². The monoisotopic (exact) mass is 206 g/mol. The van der Waals surface area contributed by atoms with E-state index in [2.05, 4.69) is 4.98 Å². The van der Waals surface area contributed by atoms with E-state index in [1.165, 1.54) is 12.1 Å². The van der Waals surface area contributed by atoms with Crippen molar-refractivity contribution in [2.75, 3.05) is 0 Å². The van der Waals surface area contributed by atoms with Gasteiger partial charge in [0.15, 0.2) is 0 Å². The van der Waals surface area contributed by atoms with Gasteiger partial charge in [-0.3, -0.25) is 10.1 Å². The van der Waals surface area contributed by atoms with Crippen LogP contribution in [0.4, 0.5) is 5.69 Å². The number of imidazole rings is 1. The molecule has 0 aliphatic carbocycles. The third-order valence-corrected chi connectivity index (χ3v) is 2.35. The molecule has 1 aromatic carbocycles. The number of aryl methyl sites for hydroxylation is 1. The Hall–Kier alpha value is -1.95. The fourth-order valence-corrected chi connectivity index (χ4v) is 1.53. The van der Waals surface area contributed by atoms with Crippen molar-refractivity contribution in [1.82, 2.24) is 9.55 Å². The molecule has 0 fully saturated rings. The molecular formula is C9H10N4O2. The Morgan fingerprint density at radius 3 is 2.93 bits per heavy atom. The van der Waals surface area contributed by atoms with Crippen LogP contribution in [-0.2, 0) is 13.6 Å². The summed E-state index contributed by atoms with van der Waals surface area (Å²) >= 11 is 0. The fourth-order valence-electron chi connectivity index (χ4n) is 1.53. The SMILES string of the molecule is Cn1c(CN)nc2cc([N+](=O)[O-])ccc21. The van der Waals surface area contributed by atoms with Crippen LogP contribution in [-0.4, -0.2) is 14.5 Å². The van der Waals surface area contributed by atoms with Crippen molar-refractivity contribution in [1.29, 1.82) is 0 Å². The quantitative estimate of drug-likeness (QED) is 0.585. The summed E-state index contributed by atoms with van der Waals surface area (Å²) in [5, 5.41) is 10.6. The molecule has 2 rings (SSSR count). The number of non-ortho nitro benzene ring substituents is 1. The molecule has 0 saturated heterocycles. The minimum absolute atomic E-state index is 0.0455. The number of fused-ring (bicyclic) bond motifs is 1. The highest BCUT2D eigenvalue weighted by molar-refractivity contribution is 5.78. The summed E-state index contributed by atoms with van der Waals surface area (Å²) in [6, 6.07) is 4.60. The topological polar surface area (TPSA) is 87.0 Å². The molecule has 1 aromatic heterocycles. The van der Waals surface area contributed by atoms with E-state index in [0.717, 1.165) is 5.52 Å². The number of aromatic nitrogens is 2. The maximum absolute atomic E-state index is 10.6. The number of nitrogens with two attached hydrogens (primary N) is 1. The van der Waals surface area contributed by atoms with Crippen molar-refractivity contribution in [3.63, 3.8) is 0 Å². The number of nitrogens with zero attached hydrogens (tertiary/aromatic N) is 3. The summed E-state index contributed by atoms with van der Waals surface area (Å²) in [7, 11) is 1.84. The van der Waals surface area contributed by atoms with Crippen LogP contribution >= 0.6 is 0 Å². The van der Waals surface area contributed by atoms with Crippen LogP contribution in [0.5, 0.6) is 0 Å². The molecule has 0 atom stereocenters. The lowest BCUT2D eigenvalue weighted by atomic mass is 10.3. The van der Waals surface area contributed by atoms with Crippen molar-refractivity contribution < 1.29 is 4.92 Å². The Morgan fingerprint density at radius 1 is 1.60 bits per heavy atom. The molecule has 6 nitrogen and oxygen atoms in total. The number of rotatable bonds is 2. The zero-order chi connectivity index (χ0) is 11.0. The zero-order valence-electron chi connectivity index (χ0n) is 8.17. The smallest absolute Gasteiger partial charge is 0.271 e. The Labute approximate surface area is 85.5 Å². The molecule has 15 heavy (non-hydrogen) atoms. The summed E-state index contributed by atoms with van der Waals surface area (Å²) in [6.07, 6.45) is 0. The van der Waals surface area contributed by atoms with Crippen LogP contribution in [0.15, 0.2) is 18.2 Å². The van der Waals surface area contributed by atoms with Gasteiger partial charge >= 0.3 is 0 Å². The largest absolute Gasteiger partial charge is 0.330 e. The summed E-state index contributed by atoms with van der Waals surface area (Å²) in [5.74, 6) is 0.713. The minimum Gasteiger partial charge on any atom is -0.330 e. The first-order chi connectivity index (χ1) is 7.13. The molecule has 0 radical (unpaired) electrons. The first kappa shape index (κ1) is 9.60. The normalized spacial score (nSPS) is 10.8.